The van der Waals surface area contributed by atoms with Crippen molar-refractivity contribution in [3.63, 3.8) is 0 Å². The van der Waals surface area contributed by atoms with Gasteiger partial charge in [-0.2, -0.15) is 4.99 Å². The number of anilines is 2. The Labute approximate surface area is 238 Å². The number of alkyl halides is 3. The molecule has 13 heteroatoms. The monoisotopic (exact) mass is 577 g/mol. The Morgan fingerprint density at radius 3 is 2.52 bits per heavy atom. The fraction of sp³-hybridized carbons (Fsp3) is 0.207. The molecule has 0 saturated carbocycles. The molecule has 10 nitrogen and oxygen atoms in total. The smallest absolute Gasteiger partial charge is 0.406 e. The van der Waals surface area contributed by atoms with Crippen LogP contribution in [0.1, 0.15) is 24.5 Å². The summed E-state index contributed by atoms with van der Waals surface area (Å²) in [5.41, 5.74) is 4.29. The van der Waals surface area contributed by atoms with E-state index in [1.54, 1.807) is 24.3 Å². The Bertz CT molecular complexity index is 1630. The molecule has 2 N–H and O–H groups in total. The van der Waals surface area contributed by atoms with Gasteiger partial charge in [-0.25, -0.2) is 19.4 Å². The number of guanidine groups is 1. The summed E-state index contributed by atoms with van der Waals surface area (Å²) >= 11 is 0. The molecular weight excluding hydrogens is 551 g/mol. The number of rotatable bonds is 7. The van der Waals surface area contributed by atoms with Crippen molar-refractivity contribution < 1.29 is 27.5 Å². The number of aliphatic imine (C=N–C) groups is 1. The molecule has 0 spiro atoms. The summed E-state index contributed by atoms with van der Waals surface area (Å²) in [5, 5.41) is 9.98. The lowest BCUT2D eigenvalue weighted by molar-refractivity contribution is -0.274. The number of benzene rings is 3. The first-order valence-corrected chi connectivity index (χ1v) is 13.0. The van der Waals surface area contributed by atoms with Crippen molar-refractivity contribution in [2.75, 3.05) is 16.8 Å². The van der Waals surface area contributed by atoms with Crippen LogP contribution in [-0.2, 0) is 11.2 Å². The summed E-state index contributed by atoms with van der Waals surface area (Å²) in [6.45, 7) is 4.03. The molecule has 1 saturated heterocycles. The Morgan fingerprint density at radius 1 is 1.10 bits per heavy atom. The van der Waals surface area contributed by atoms with Crippen molar-refractivity contribution in [1.29, 1.82) is 0 Å². The predicted molar refractivity (Wildman–Crippen MR) is 151 cm³/mol. The number of amides is 3. The number of carbonyl (C=O) groups is 2. The molecule has 1 aromatic heterocycles. The van der Waals surface area contributed by atoms with Crippen LogP contribution in [0.25, 0.3) is 17.1 Å². The van der Waals surface area contributed by atoms with Crippen molar-refractivity contribution in [2.24, 2.45) is 4.99 Å². The Morgan fingerprint density at radius 2 is 1.83 bits per heavy atom. The highest BCUT2D eigenvalue weighted by Gasteiger charge is 2.32. The maximum Gasteiger partial charge on any atom is 0.573 e. The molecule has 1 aliphatic rings. The van der Waals surface area contributed by atoms with Gasteiger partial charge in [-0.3, -0.25) is 4.79 Å². The normalized spacial score (nSPS) is 14.3. The highest BCUT2D eigenvalue weighted by atomic mass is 19.4. The van der Waals surface area contributed by atoms with Crippen LogP contribution < -0.4 is 20.3 Å². The predicted octanol–water partition coefficient (Wildman–Crippen LogP) is 5.62. The lowest BCUT2D eigenvalue weighted by Gasteiger charge is -2.20. The molecule has 1 aliphatic heterocycles. The van der Waals surface area contributed by atoms with Crippen molar-refractivity contribution in [2.45, 2.75) is 33.1 Å². The number of aromatic nitrogens is 3. The quantitative estimate of drug-likeness (QED) is 0.295. The Kier molecular flexibility index (Phi) is 7.91. The van der Waals surface area contributed by atoms with Crippen molar-refractivity contribution in [3.8, 4) is 22.8 Å². The highest BCUT2D eigenvalue weighted by Crippen LogP contribution is 2.27. The van der Waals surface area contributed by atoms with Crippen LogP contribution in [0, 0.1) is 6.92 Å². The minimum atomic E-state index is -4.77. The lowest BCUT2D eigenvalue weighted by atomic mass is 10.0. The van der Waals surface area contributed by atoms with Crippen molar-refractivity contribution >= 4 is 29.3 Å². The molecule has 0 bridgehead atoms. The van der Waals surface area contributed by atoms with Crippen LogP contribution in [0.5, 0.6) is 5.75 Å². The average Bonchev–Trinajstić information content (AvgIpc) is 3.57. The van der Waals surface area contributed by atoms with Gasteiger partial charge < -0.3 is 15.4 Å². The molecule has 0 aliphatic carbocycles. The SMILES string of the molecule is CCCc1ccc(C)cc1N1C(=O)CN/C1=N\C(=O)Nc1ccc(-c2ncn(-c3ccc(OC(F)(F)F)cc3)n2)cc1. The fourth-order valence-corrected chi connectivity index (χ4v) is 4.40. The van der Waals surface area contributed by atoms with Crippen LogP contribution in [-0.4, -0.2) is 45.6 Å². The van der Waals surface area contributed by atoms with E-state index in [-0.39, 0.29) is 24.2 Å². The highest BCUT2D eigenvalue weighted by molar-refractivity contribution is 6.24. The van der Waals surface area contributed by atoms with E-state index in [0.29, 0.717) is 28.5 Å². The number of aryl methyl sites for hydroxylation is 2. The Hall–Kier alpha value is -5.20. The molecular formula is C29H26F3N7O3. The van der Waals surface area contributed by atoms with E-state index in [2.05, 4.69) is 37.4 Å². The van der Waals surface area contributed by atoms with E-state index in [4.69, 9.17) is 0 Å². The summed E-state index contributed by atoms with van der Waals surface area (Å²) in [5.74, 6) is -0.0148. The first-order chi connectivity index (χ1) is 20.1. The van der Waals surface area contributed by atoms with Crippen LogP contribution in [0.3, 0.4) is 0 Å². The van der Waals surface area contributed by atoms with Gasteiger partial charge in [-0.15, -0.1) is 18.3 Å². The first kappa shape index (κ1) is 28.3. The standard InChI is InChI=1S/C29H26F3N7O3/c1-3-4-19-6-5-18(2)15-24(19)39-25(40)16-33-27(39)36-28(41)35-21-9-7-20(8-10-21)26-34-17-38(37-26)22-11-13-23(14-12-22)42-29(30,31)32/h5-15,17H,3-4,16H2,1-2H3,(H2,33,35,36,41). The third-order valence-electron chi connectivity index (χ3n) is 6.29. The summed E-state index contributed by atoms with van der Waals surface area (Å²) in [7, 11) is 0. The van der Waals surface area contributed by atoms with Crippen molar-refractivity contribution in [3.05, 3.63) is 84.2 Å². The van der Waals surface area contributed by atoms with Gasteiger partial charge in [0.05, 0.1) is 17.9 Å². The molecule has 1 fully saturated rings. The van der Waals surface area contributed by atoms with E-state index >= 15 is 0 Å². The van der Waals surface area contributed by atoms with E-state index in [1.165, 1.54) is 40.2 Å². The van der Waals surface area contributed by atoms with E-state index in [0.717, 1.165) is 24.0 Å². The first-order valence-electron chi connectivity index (χ1n) is 13.0. The molecule has 42 heavy (non-hydrogen) atoms. The summed E-state index contributed by atoms with van der Waals surface area (Å²) < 4.78 is 42.5. The fourth-order valence-electron chi connectivity index (χ4n) is 4.40. The summed E-state index contributed by atoms with van der Waals surface area (Å²) in [4.78, 5) is 35.3. The van der Waals surface area contributed by atoms with Gasteiger partial charge in [0.2, 0.25) is 5.96 Å². The average molecular weight is 578 g/mol. The zero-order valence-corrected chi connectivity index (χ0v) is 22.6. The van der Waals surface area contributed by atoms with Gasteiger partial charge in [-0.05, 0) is 79.1 Å². The molecule has 3 aromatic carbocycles. The minimum Gasteiger partial charge on any atom is -0.406 e. The van der Waals surface area contributed by atoms with Crippen LogP contribution in [0.15, 0.2) is 78.0 Å². The number of urea groups is 1. The van der Waals surface area contributed by atoms with Crippen molar-refractivity contribution in [1.82, 2.24) is 20.1 Å². The van der Waals surface area contributed by atoms with Gasteiger partial charge in [0.15, 0.2) is 5.82 Å². The number of nitrogens with zero attached hydrogens (tertiary/aromatic N) is 5. The largest absolute Gasteiger partial charge is 0.573 e. The molecule has 4 aromatic rings. The van der Waals surface area contributed by atoms with Gasteiger partial charge in [-0.1, -0.05) is 25.5 Å². The topological polar surface area (TPSA) is 114 Å². The second-order valence-corrected chi connectivity index (χ2v) is 9.46. The third kappa shape index (κ3) is 6.57. The second-order valence-electron chi connectivity index (χ2n) is 9.46. The number of halogens is 3. The van der Waals surface area contributed by atoms with Crippen LogP contribution in [0.4, 0.5) is 29.3 Å². The molecule has 0 radical (unpaired) electrons. The van der Waals surface area contributed by atoms with Gasteiger partial charge >= 0.3 is 12.4 Å². The summed E-state index contributed by atoms with van der Waals surface area (Å²) in [6.07, 6.45) is -1.66. The molecule has 216 valence electrons. The third-order valence-corrected chi connectivity index (χ3v) is 6.29. The maximum absolute atomic E-state index is 12.8. The number of carbonyl (C=O) groups excluding carboxylic acids is 2. The Balaban J connectivity index is 1.27. The molecule has 2 heterocycles. The molecule has 5 rings (SSSR count). The molecule has 3 amide bonds. The van der Waals surface area contributed by atoms with E-state index in [1.807, 2.05) is 25.1 Å². The zero-order chi connectivity index (χ0) is 29.9. The van der Waals surface area contributed by atoms with Crippen LogP contribution in [0.2, 0.25) is 0 Å². The van der Waals surface area contributed by atoms with Gasteiger partial charge in [0.25, 0.3) is 5.91 Å². The van der Waals surface area contributed by atoms with Gasteiger partial charge in [0, 0.05) is 11.3 Å². The number of hydrogen-bond acceptors (Lipinski definition) is 5. The number of nitrogens with one attached hydrogen (secondary N) is 2. The zero-order valence-electron chi connectivity index (χ0n) is 22.6. The van der Waals surface area contributed by atoms with Crippen LogP contribution >= 0.6 is 0 Å². The summed E-state index contributed by atoms with van der Waals surface area (Å²) in [6, 6.07) is 17.2. The minimum absolute atomic E-state index is 0.0332. The molecule has 0 atom stereocenters. The molecule has 0 unspecified atom stereocenters. The number of ether oxygens (including phenoxy) is 1. The number of hydrogen-bond donors (Lipinski definition) is 2. The lowest BCUT2D eigenvalue weighted by Crippen LogP contribution is -2.34. The van der Waals surface area contributed by atoms with Gasteiger partial charge in [0.1, 0.15) is 12.1 Å². The second kappa shape index (κ2) is 11.7. The van der Waals surface area contributed by atoms with E-state index < -0.39 is 12.4 Å². The maximum atomic E-state index is 12.8. The van der Waals surface area contributed by atoms with E-state index in [9.17, 15) is 22.8 Å².